The highest BCUT2D eigenvalue weighted by Gasteiger charge is 2.29. The van der Waals surface area contributed by atoms with Crippen molar-refractivity contribution in [3.05, 3.63) is 82.9 Å². The summed E-state index contributed by atoms with van der Waals surface area (Å²) < 4.78 is 113. The van der Waals surface area contributed by atoms with Crippen LogP contribution in [0.15, 0.2) is 36.4 Å². The molecular formula is C20H6F8. The van der Waals surface area contributed by atoms with Gasteiger partial charge in [-0.05, 0) is 11.6 Å². The quantitative estimate of drug-likeness (QED) is 0.144. The van der Waals surface area contributed by atoms with Crippen LogP contribution in [0.4, 0.5) is 35.1 Å². The largest absolute Gasteiger partial charge is 0.203 e. The number of halogens is 8. The second-order valence-electron chi connectivity index (χ2n) is 5.97. The highest BCUT2D eigenvalue weighted by Crippen LogP contribution is 2.43. The zero-order chi connectivity index (χ0) is 20.3. The first-order chi connectivity index (χ1) is 13.3. The van der Waals surface area contributed by atoms with Crippen LogP contribution in [-0.4, -0.2) is 0 Å². The molecule has 142 valence electrons. The second kappa shape index (κ2) is 6.19. The van der Waals surface area contributed by atoms with Gasteiger partial charge in [0.15, 0.2) is 46.5 Å². The first kappa shape index (κ1) is 18.2. The van der Waals surface area contributed by atoms with Crippen molar-refractivity contribution in [3.8, 4) is 11.1 Å². The minimum Gasteiger partial charge on any atom is -0.203 e. The summed E-state index contributed by atoms with van der Waals surface area (Å²) in [4.78, 5) is 0. The molecule has 0 radical (unpaired) electrons. The minimum absolute atomic E-state index is 0.0771. The monoisotopic (exact) mass is 398 g/mol. The Bertz CT molecular complexity index is 1200. The summed E-state index contributed by atoms with van der Waals surface area (Å²) in [6, 6.07) is 7.21. The fraction of sp³-hybridized carbons (Fsp3) is 0. The maximum Gasteiger partial charge on any atom is 0.198 e. The van der Waals surface area contributed by atoms with Gasteiger partial charge in [0.2, 0.25) is 0 Å². The Hall–Kier alpha value is -3.16. The molecule has 0 nitrogen and oxygen atoms in total. The van der Waals surface area contributed by atoms with Gasteiger partial charge >= 0.3 is 0 Å². The van der Waals surface area contributed by atoms with E-state index in [1.807, 2.05) is 0 Å². The van der Waals surface area contributed by atoms with Crippen molar-refractivity contribution < 1.29 is 35.1 Å². The van der Waals surface area contributed by atoms with E-state index in [-0.39, 0.29) is 5.56 Å². The van der Waals surface area contributed by atoms with Crippen molar-refractivity contribution in [1.82, 2.24) is 0 Å². The summed E-state index contributed by atoms with van der Waals surface area (Å²) >= 11 is 0. The summed E-state index contributed by atoms with van der Waals surface area (Å²) in [5.41, 5.74) is -0.717. The number of hydrogen-bond donors (Lipinski definition) is 0. The van der Waals surface area contributed by atoms with E-state index in [1.54, 1.807) is 0 Å². The lowest BCUT2D eigenvalue weighted by molar-refractivity contribution is 0.416. The van der Waals surface area contributed by atoms with Crippen LogP contribution < -0.4 is 0 Å². The molecule has 0 aliphatic carbocycles. The van der Waals surface area contributed by atoms with Gasteiger partial charge in [-0.15, -0.1) is 0 Å². The Morgan fingerprint density at radius 1 is 0.429 bits per heavy atom. The van der Waals surface area contributed by atoms with Crippen LogP contribution in [0.2, 0.25) is 0 Å². The van der Waals surface area contributed by atoms with Gasteiger partial charge in [-0.25, -0.2) is 35.1 Å². The Morgan fingerprint density at radius 3 is 1.25 bits per heavy atom. The number of benzene rings is 4. The molecule has 0 aliphatic heterocycles. The topological polar surface area (TPSA) is 0 Å². The smallest absolute Gasteiger partial charge is 0.198 e. The van der Waals surface area contributed by atoms with Crippen LogP contribution >= 0.6 is 0 Å². The van der Waals surface area contributed by atoms with Crippen LogP contribution in [0.25, 0.3) is 32.7 Å². The lowest BCUT2D eigenvalue weighted by atomic mass is 9.90. The molecule has 0 spiro atoms. The van der Waals surface area contributed by atoms with E-state index in [1.165, 1.54) is 30.3 Å². The average molecular weight is 398 g/mol. The Balaban J connectivity index is 2.43. The third-order valence-corrected chi connectivity index (χ3v) is 4.46. The molecule has 0 fully saturated rings. The van der Waals surface area contributed by atoms with E-state index in [2.05, 4.69) is 0 Å². The molecule has 0 aromatic heterocycles. The highest BCUT2D eigenvalue weighted by atomic mass is 19.2. The molecule has 0 saturated carbocycles. The number of rotatable bonds is 1. The minimum atomic E-state index is -2.18. The fourth-order valence-corrected chi connectivity index (χ4v) is 3.22. The van der Waals surface area contributed by atoms with E-state index in [0.717, 1.165) is 0 Å². The van der Waals surface area contributed by atoms with Gasteiger partial charge in [-0.1, -0.05) is 30.3 Å². The Morgan fingerprint density at radius 2 is 0.821 bits per heavy atom. The molecule has 0 atom stereocenters. The summed E-state index contributed by atoms with van der Waals surface area (Å²) in [5, 5.41) is -3.77. The predicted octanol–water partition coefficient (Wildman–Crippen LogP) is 6.77. The van der Waals surface area contributed by atoms with Gasteiger partial charge in [0.25, 0.3) is 0 Å². The van der Waals surface area contributed by atoms with Crippen LogP contribution in [0.5, 0.6) is 0 Å². The van der Waals surface area contributed by atoms with Crippen molar-refractivity contribution >= 4 is 21.5 Å². The van der Waals surface area contributed by atoms with Gasteiger partial charge in [0, 0.05) is 27.1 Å². The molecule has 0 heterocycles. The normalized spacial score (nSPS) is 11.6. The summed E-state index contributed by atoms with van der Waals surface area (Å²) in [6.07, 6.45) is 0. The summed E-state index contributed by atoms with van der Waals surface area (Å²) in [7, 11) is 0. The maximum absolute atomic E-state index is 14.6. The zero-order valence-electron chi connectivity index (χ0n) is 13.5. The standard InChI is InChI=1S/C20H6F8/c21-13-8-6-9-12(16(24)20(28)18(26)14(9)22)10(7-4-2-1-3-5-7)11(8)15(23)19(27)17(13)25/h1-6H. The molecule has 0 N–H and O–H groups in total. The first-order valence-corrected chi connectivity index (χ1v) is 7.75. The maximum atomic E-state index is 14.6. The Labute approximate surface area is 151 Å². The van der Waals surface area contributed by atoms with Crippen molar-refractivity contribution in [2.45, 2.75) is 0 Å². The lowest BCUT2D eigenvalue weighted by Gasteiger charge is -2.16. The lowest BCUT2D eigenvalue weighted by Crippen LogP contribution is -2.04. The van der Waals surface area contributed by atoms with Crippen molar-refractivity contribution in [1.29, 1.82) is 0 Å². The molecule has 4 rings (SSSR count). The molecule has 4 aromatic carbocycles. The SMILES string of the molecule is Fc1c(F)c(F)c2c(-c3ccccc3)c3c(F)c(F)c(F)c(F)c3cc2c1F. The molecule has 0 saturated heterocycles. The molecule has 0 unspecified atom stereocenters. The van der Waals surface area contributed by atoms with Gasteiger partial charge in [-0.2, -0.15) is 0 Å². The third kappa shape index (κ3) is 2.30. The van der Waals surface area contributed by atoms with E-state index in [9.17, 15) is 35.1 Å². The number of fused-ring (bicyclic) bond motifs is 2. The van der Waals surface area contributed by atoms with E-state index >= 15 is 0 Å². The molecule has 0 amide bonds. The molecule has 4 aromatic rings. The van der Waals surface area contributed by atoms with Crippen molar-refractivity contribution in [2.24, 2.45) is 0 Å². The second-order valence-corrected chi connectivity index (χ2v) is 5.97. The fourth-order valence-electron chi connectivity index (χ4n) is 3.22. The molecule has 8 heteroatoms. The van der Waals surface area contributed by atoms with Gasteiger partial charge in [0.1, 0.15) is 0 Å². The summed E-state index contributed by atoms with van der Waals surface area (Å²) in [5.74, 6) is -16.2. The molecule has 0 aliphatic rings. The van der Waals surface area contributed by atoms with Crippen molar-refractivity contribution in [2.75, 3.05) is 0 Å². The number of hydrogen-bond acceptors (Lipinski definition) is 0. The molecular weight excluding hydrogens is 392 g/mol. The first-order valence-electron chi connectivity index (χ1n) is 7.75. The van der Waals surface area contributed by atoms with E-state index in [0.29, 0.717) is 6.07 Å². The average Bonchev–Trinajstić information content (AvgIpc) is 2.72. The van der Waals surface area contributed by atoms with Crippen LogP contribution in [0.1, 0.15) is 0 Å². The van der Waals surface area contributed by atoms with Crippen molar-refractivity contribution in [3.63, 3.8) is 0 Å². The predicted molar refractivity (Wildman–Crippen MR) is 86.6 cm³/mol. The highest BCUT2D eigenvalue weighted by molar-refractivity contribution is 6.13. The van der Waals surface area contributed by atoms with Crippen LogP contribution in [0, 0.1) is 46.5 Å². The zero-order valence-corrected chi connectivity index (χ0v) is 13.5. The molecule has 28 heavy (non-hydrogen) atoms. The van der Waals surface area contributed by atoms with Crippen LogP contribution in [0.3, 0.4) is 0 Å². The van der Waals surface area contributed by atoms with Gasteiger partial charge < -0.3 is 0 Å². The van der Waals surface area contributed by atoms with E-state index in [4.69, 9.17) is 0 Å². The Kier molecular flexibility index (Phi) is 4.02. The van der Waals surface area contributed by atoms with Gasteiger partial charge in [0.05, 0.1) is 0 Å². The third-order valence-electron chi connectivity index (χ3n) is 4.46. The summed E-state index contributed by atoms with van der Waals surface area (Å²) in [6.45, 7) is 0. The van der Waals surface area contributed by atoms with E-state index < -0.39 is 73.6 Å². The molecule has 0 bridgehead atoms. The van der Waals surface area contributed by atoms with Crippen LogP contribution in [-0.2, 0) is 0 Å². The van der Waals surface area contributed by atoms with Gasteiger partial charge in [-0.3, -0.25) is 0 Å².